The van der Waals surface area contributed by atoms with Crippen molar-refractivity contribution in [2.24, 2.45) is 5.10 Å². The second kappa shape index (κ2) is 12.6. The molecule has 206 valence electrons. The Morgan fingerprint density at radius 2 is 1.71 bits per heavy atom. The van der Waals surface area contributed by atoms with Crippen LogP contribution in [0.15, 0.2) is 105 Å². The third-order valence-electron chi connectivity index (χ3n) is 5.95. The number of aromatic nitrogens is 2. The molecule has 0 atom stereocenters. The van der Waals surface area contributed by atoms with Gasteiger partial charge in [0.1, 0.15) is 5.82 Å². The molecule has 1 N–H and O–H groups in total. The SMILES string of the molecule is CCOc1cc(C=Nn2c(-c3ccccc3)nc3ccccc3c2=O)c(Br)cc1OCC(=O)Nc1ccc(F)cc1. The van der Waals surface area contributed by atoms with E-state index in [0.717, 1.165) is 5.56 Å². The second-order valence-corrected chi connectivity index (χ2v) is 9.63. The lowest BCUT2D eigenvalue weighted by molar-refractivity contribution is -0.118. The smallest absolute Gasteiger partial charge is 0.282 e. The van der Waals surface area contributed by atoms with Crippen LogP contribution >= 0.6 is 15.9 Å². The first-order valence-corrected chi connectivity index (χ1v) is 13.5. The molecule has 0 unspecified atom stereocenters. The molecule has 1 heterocycles. The summed E-state index contributed by atoms with van der Waals surface area (Å²) >= 11 is 3.53. The normalized spacial score (nSPS) is 11.1. The Kier molecular flexibility index (Phi) is 8.50. The topological polar surface area (TPSA) is 94.8 Å². The molecule has 0 aliphatic heterocycles. The number of fused-ring (bicyclic) bond motifs is 1. The van der Waals surface area contributed by atoms with E-state index in [0.29, 0.717) is 50.6 Å². The maximum Gasteiger partial charge on any atom is 0.282 e. The van der Waals surface area contributed by atoms with Crippen LogP contribution in [0.25, 0.3) is 22.3 Å². The van der Waals surface area contributed by atoms with Gasteiger partial charge in [0.05, 0.1) is 23.7 Å². The molecular weight excluding hydrogens is 591 g/mol. The van der Waals surface area contributed by atoms with Gasteiger partial charge in [-0.3, -0.25) is 9.59 Å². The average molecular weight is 615 g/mol. The maximum absolute atomic E-state index is 13.4. The van der Waals surface area contributed by atoms with Gasteiger partial charge in [-0.1, -0.05) is 42.5 Å². The Hall–Kier alpha value is -4.83. The summed E-state index contributed by atoms with van der Waals surface area (Å²) in [5.41, 5.74) is 2.07. The lowest BCUT2D eigenvalue weighted by Gasteiger charge is -2.14. The number of halogens is 2. The first kappa shape index (κ1) is 27.7. The van der Waals surface area contributed by atoms with Crippen molar-refractivity contribution in [2.45, 2.75) is 6.92 Å². The fraction of sp³-hybridized carbons (Fsp3) is 0.0968. The summed E-state index contributed by atoms with van der Waals surface area (Å²) in [5, 5.41) is 7.62. The molecule has 10 heteroatoms. The van der Waals surface area contributed by atoms with Crippen molar-refractivity contribution < 1.29 is 18.7 Å². The van der Waals surface area contributed by atoms with Crippen LogP contribution in [-0.2, 0) is 4.79 Å². The van der Waals surface area contributed by atoms with E-state index < -0.39 is 11.7 Å². The average Bonchev–Trinajstić information content (AvgIpc) is 2.99. The van der Waals surface area contributed by atoms with Gasteiger partial charge in [-0.15, -0.1) is 0 Å². The fourth-order valence-corrected chi connectivity index (χ4v) is 4.45. The minimum Gasteiger partial charge on any atom is -0.490 e. The Balaban J connectivity index is 1.44. The zero-order chi connectivity index (χ0) is 28.8. The summed E-state index contributed by atoms with van der Waals surface area (Å²) in [7, 11) is 0. The van der Waals surface area contributed by atoms with Gasteiger partial charge in [0.25, 0.3) is 11.5 Å². The van der Waals surface area contributed by atoms with Gasteiger partial charge >= 0.3 is 0 Å². The summed E-state index contributed by atoms with van der Waals surface area (Å²) < 4.78 is 26.5. The molecule has 5 aromatic rings. The van der Waals surface area contributed by atoms with E-state index in [2.05, 4.69) is 26.3 Å². The van der Waals surface area contributed by atoms with Crippen molar-refractivity contribution in [3.63, 3.8) is 0 Å². The number of nitrogens with zero attached hydrogens (tertiary/aromatic N) is 3. The Labute approximate surface area is 243 Å². The van der Waals surface area contributed by atoms with E-state index >= 15 is 0 Å². The zero-order valence-corrected chi connectivity index (χ0v) is 23.5. The second-order valence-electron chi connectivity index (χ2n) is 8.78. The predicted molar refractivity (Wildman–Crippen MR) is 160 cm³/mol. The summed E-state index contributed by atoms with van der Waals surface area (Å²) in [6.07, 6.45) is 1.53. The largest absolute Gasteiger partial charge is 0.490 e. The Morgan fingerprint density at radius 3 is 2.46 bits per heavy atom. The third-order valence-corrected chi connectivity index (χ3v) is 6.63. The van der Waals surface area contributed by atoms with E-state index in [1.165, 1.54) is 35.2 Å². The van der Waals surface area contributed by atoms with Gasteiger partial charge in [0.2, 0.25) is 0 Å². The van der Waals surface area contributed by atoms with E-state index in [1.807, 2.05) is 43.3 Å². The number of para-hydroxylation sites is 1. The first-order chi connectivity index (χ1) is 19.9. The lowest BCUT2D eigenvalue weighted by Crippen LogP contribution is -2.20. The van der Waals surface area contributed by atoms with E-state index in [9.17, 15) is 14.0 Å². The van der Waals surface area contributed by atoms with Crippen LogP contribution in [0, 0.1) is 5.82 Å². The molecule has 0 radical (unpaired) electrons. The number of anilines is 1. The molecule has 0 spiro atoms. The van der Waals surface area contributed by atoms with Crippen molar-refractivity contribution in [2.75, 3.05) is 18.5 Å². The molecule has 41 heavy (non-hydrogen) atoms. The van der Waals surface area contributed by atoms with Gasteiger partial charge in [0.15, 0.2) is 23.9 Å². The van der Waals surface area contributed by atoms with Crippen molar-refractivity contribution in [3.05, 3.63) is 117 Å². The monoisotopic (exact) mass is 614 g/mol. The molecule has 8 nitrogen and oxygen atoms in total. The summed E-state index contributed by atoms with van der Waals surface area (Å²) in [6.45, 7) is 1.88. The quantitative estimate of drug-likeness (QED) is 0.198. The van der Waals surface area contributed by atoms with Crippen molar-refractivity contribution >= 4 is 44.6 Å². The van der Waals surface area contributed by atoms with Gasteiger partial charge in [-0.25, -0.2) is 9.37 Å². The molecule has 4 aromatic carbocycles. The molecule has 0 saturated heterocycles. The highest BCUT2D eigenvalue weighted by Crippen LogP contribution is 2.33. The summed E-state index contributed by atoms with van der Waals surface area (Å²) in [4.78, 5) is 30.5. The van der Waals surface area contributed by atoms with Gasteiger partial charge in [0, 0.05) is 21.3 Å². The van der Waals surface area contributed by atoms with Crippen LogP contribution in [0.2, 0.25) is 0 Å². The molecule has 1 aromatic heterocycles. The number of carbonyl (C=O) groups excluding carboxylic acids is 1. The predicted octanol–water partition coefficient (Wildman–Crippen LogP) is 6.26. The Morgan fingerprint density at radius 1 is 1.00 bits per heavy atom. The number of hydrogen-bond acceptors (Lipinski definition) is 6. The molecule has 5 rings (SSSR count). The summed E-state index contributed by atoms with van der Waals surface area (Å²) in [5.74, 6) is 0.307. The summed E-state index contributed by atoms with van der Waals surface area (Å²) in [6, 6.07) is 25.3. The highest BCUT2D eigenvalue weighted by atomic mass is 79.9. The van der Waals surface area contributed by atoms with Crippen LogP contribution in [-0.4, -0.2) is 35.0 Å². The van der Waals surface area contributed by atoms with Crippen LogP contribution in [0.1, 0.15) is 12.5 Å². The van der Waals surface area contributed by atoms with Crippen molar-refractivity contribution in [3.8, 4) is 22.9 Å². The maximum atomic E-state index is 13.4. The zero-order valence-electron chi connectivity index (χ0n) is 21.9. The molecular formula is C31H24BrFN4O4. The molecule has 0 aliphatic rings. The molecule has 0 aliphatic carbocycles. The van der Waals surface area contributed by atoms with Crippen LogP contribution in [0.5, 0.6) is 11.5 Å². The van der Waals surface area contributed by atoms with Crippen LogP contribution < -0.4 is 20.3 Å². The van der Waals surface area contributed by atoms with Gasteiger partial charge < -0.3 is 14.8 Å². The number of nitrogens with one attached hydrogen (secondary N) is 1. The number of amides is 1. The highest BCUT2D eigenvalue weighted by molar-refractivity contribution is 9.10. The lowest BCUT2D eigenvalue weighted by atomic mass is 10.2. The minimum absolute atomic E-state index is 0.296. The molecule has 1 amide bonds. The number of hydrogen-bond donors (Lipinski definition) is 1. The number of benzene rings is 4. The number of rotatable bonds is 9. The molecule has 0 fully saturated rings. The number of carbonyl (C=O) groups is 1. The van der Waals surface area contributed by atoms with Crippen LogP contribution in [0.3, 0.4) is 0 Å². The third kappa shape index (κ3) is 6.50. The highest BCUT2D eigenvalue weighted by Gasteiger charge is 2.15. The van der Waals surface area contributed by atoms with E-state index in [-0.39, 0.29) is 12.2 Å². The van der Waals surface area contributed by atoms with Crippen molar-refractivity contribution in [1.82, 2.24) is 9.66 Å². The standard InChI is InChI=1S/C31H24BrFN4O4/c1-2-40-27-16-21(25(32)17-28(27)41-19-29(38)35-23-14-12-22(33)13-15-23)18-34-37-30(20-8-4-3-5-9-20)36-26-11-7-6-10-24(26)31(37)39/h3-18H,2,19H2,1H3,(H,35,38). The molecule has 0 saturated carbocycles. The van der Waals surface area contributed by atoms with Gasteiger partial charge in [-0.05, 0) is 71.4 Å². The minimum atomic E-state index is -0.419. The fourth-order valence-electron chi connectivity index (χ4n) is 4.03. The van der Waals surface area contributed by atoms with Crippen LogP contribution in [0.4, 0.5) is 10.1 Å². The first-order valence-electron chi connectivity index (χ1n) is 12.7. The Bertz CT molecular complexity index is 1790. The van der Waals surface area contributed by atoms with Crippen molar-refractivity contribution in [1.29, 1.82) is 0 Å². The van der Waals surface area contributed by atoms with Gasteiger partial charge in [-0.2, -0.15) is 9.78 Å². The number of ether oxygens (including phenoxy) is 2. The van der Waals surface area contributed by atoms with E-state index in [4.69, 9.17) is 14.5 Å². The van der Waals surface area contributed by atoms with E-state index in [1.54, 1.807) is 30.3 Å². The molecule has 0 bridgehead atoms.